The van der Waals surface area contributed by atoms with Crippen LogP contribution < -0.4 is 10.9 Å². The van der Waals surface area contributed by atoms with Gasteiger partial charge in [-0.25, -0.2) is 10.8 Å². The van der Waals surface area contributed by atoms with E-state index in [4.69, 9.17) is 5.84 Å². The maximum absolute atomic E-state index is 5.30. The molecule has 0 saturated heterocycles. The normalized spacial score (nSPS) is 9.25. The zero-order chi connectivity index (χ0) is 5.98. The van der Waals surface area contributed by atoms with E-state index in [2.05, 4.69) is 9.97 Å². The third-order valence-corrected chi connectivity index (χ3v) is 0.818. The highest BCUT2D eigenvalue weighted by Crippen LogP contribution is 1.94. The standard InChI is InChI=1S/C4H8N4/c1-8(5)4-6-2-3-7-4/h2-3H,5H2,1H3,(H,6,7). The van der Waals surface area contributed by atoms with Crippen LogP contribution in [0.1, 0.15) is 0 Å². The van der Waals surface area contributed by atoms with Crippen molar-refractivity contribution in [3.63, 3.8) is 0 Å². The summed E-state index contributed by atoms with van der Waals surface area (Å²) in [5, 5.41) is 1.42. The number of nitrogens with two attached hydrogens (primary N) is 1. The molecule has 0 saturated carbocycles. The van der Waals surface area contributed by atoms with Crippen molar-refractivity contribution >= 4 is 5.95 Å². The number of H-pyrrole nitrogens is 1. The van der Waals surface area contributed by atoms with Gasteiger partial charge in [0.15, 0.2) is 0 Å². The van der Waals surface area contributed by atoms with Crippen LogP contribution in [0.15, 0.2) is 12.4 Å². The Bertz CT molecular complexity index is 143. The molecule has 1 rings (SSSR count). The molecule has 44 valence electrons. The number of aromatic nitrogens is 2. The summed E-state index contributed by atoms with van der Waals surface area (Å²) in [6.07, 6.45) is 3.37. The minimum Gasteiger partial charge on any atom is -0.330 e. The second kappa shape index (κ2) is 1.83. The van der Waals surface area contributed by atoms with Gasteiger partial charge >= 0.3 is 0 Å². The highest BCUT2D eigenvalue weighted by atomic mass is 15.4. The molecule has 0 aliphatic carbocycles. The second-order valence-corrected chi connectivity index (χ2v) is 1.52. The Balaban J connectivity index is 2.77. The van der Waals surface area contributed by atoms with Gasteiger partial charge in [0, 0.05) is 19.4 Å². The number of hydrazine groups is 1. The summed E-state index contributed by atoms with van der Waals surface area (Å²) in [4.78, 5) is 6.69. The Kier molecular flexibility index (Phi) is 1.17. The van der Waals surface area contributed by atoms with Gasteiger partial charge in [-0.05, 0) is 0 Å². The van der Waals surface area contributed by atoms with E-state index in [-0.39, 0.29) is 0 Å². The Morgan fingerprint density at radius 2 is 2.62 bits per heavy atom. The summed E-state index contributed by atoms with van der Waals surface area (Å²) >= 11 is 0. The second-order valence-electron chi connectivity index (χ2n) is 1.52. The minimum absolute atomic E-state index is 0.671. The molecule has 1 aromatic rings. The fraction of sp³-hybridized carbons (Fsp3) is 0.250. The van der Waals surface area contributed by atoms with Crippen LogP contribution >= 0.6 is 0 Å². The summed E-state index contributed by atoms with van der Waals surface area (Å²) in [6.45, 7) is 0. The average Bonchev–Trinajstić information content (AvgIpc) is 2.12. The molecule has 0 aliphatic rings. The zero-order valence-corrected chi connectivity index (χ0v) is 4.63. The number of nitrogens with zero attached hydrogens (tertiary/aromatic N) is 2. The lowest BCUT2D eigenvalue weighted by atomic mass is 11.0. The summed E-state index contributed by atoms with van der Waals surface area (Å²) in [5.41, 5.74) is 0. The topological polar surface area (TPSA) is 57.9 Å². The van der Waals surface area contributed by atoms with Gasteiger partial charge in [-0.1, -0.05) is 0 Å². The van der Waals surface area contributed by atoms with Gasteiger partial charge in [-0.2, -0.15) is 0 Å². The van der Waals surface area contributed by atoms with Crippen LogP contribution in [0.2, 0.25) is 0 Å². The Morgan fingerprint density at radius 1 is 1.88 bits per heavy atom. The average molecular weight is 112 g/mol. The third kappa shape index (κ3) is 0.788. The molecular weight excluding hydrogens is 104 g/mol. The molecule has 0 atom stereocenters. The molecule has 8 heavy (non-hydrogen) atoms. The molecule has 3 N–H and O–H groups in total. The lowest BCUT2D eigenvalue weighted by Crippen LogP contribution is -2.25. The first-order valence-electron chi connectivity index (χ1n) is 2.28. The van der Waals surface area contributed by atoms with Crippen LogP contribution in [-0.4, -0.2) is 17.0 Å². The zero-order valence-electron chi connectivity index (χ0n) is 4.63. The smallest absolute Gasteiger partial charge is 0.216 e. The molecule has 0 unspecified atom stereocenters. The SMILES string of the molecule is CN(N)c1ncc[nH]1. The summed E-state index contributed by atoms with van der Waals surface area (Å²) in [5.74, 6) is 5.97. The van der Waals surface area contributed by atoms with Crippen LogP contribution in [0.3, 0.4) is 0 Å². The van der Waals surface area contributed by atoms with Gasteiger partial charge in [-0.3, -0.25) is 5.01 Å². The van der Waals surface area contributed by atoms with Gasteiger partial charge in [0.25, 0.3) is 0 Å². The summed E-state index contributed by atoms with van der Waals surface area (Å²) < 4.78 is 0. The van der Waals surface area contributed by atoms with Crippen LogP contribution in [0.25, 0.3) is 0 Å². The Labute approximate surface area is 47.3 Å². The first-order chi connectivity index (χ1) is 3.80. The molecule has 1 aromatic heterocycles. The molecule has 0 aromatic carbocycles. The molecule has 4 nitrogen and oxygen atoms in total. The number of hydrogen-bond donors (Lipinski definition) is 2. The van der Waals surface area contributed by atoms with Crippen molar-refractivity contribution in [1.29, 1.82) is 0 Å². The molecule has 0 aliphatic heterocycles. The van der Waals surface area contributed by atoms with Crippen molar-refractivity contribution in [1.82, 2.24) is 9.97 Å². The minimum atomic E-state index is 0.671. The Morgan fingerprint density at radius 3 is 2.88 bits per heavy atom. The predicted octanol–water partition coefficient (Wildman–Crippen LogP) is -0.280. The number of imidazole rings is 1. The van der Waals surface area contributed by atoms with E-state index in [1.54, 1.807) is 19.4 Å². The van der Waals surface area contributed by atoms with Crippen molar-refractivity contribution in [2.24, 2.45) is 5.84 Å². The van der Waals surface area contributed by atoms with E-state index < -0.39 is 0 Å². The first kappa shape index (κ1) is 5.11. The first-order valence-corrected chi connectivity index (χ1v) is 2.28. The maximum atomic E-state index is 5.30. The van der Waals surface area contributed by atoms with E-state index in [1.807, 2.05) is 0 Å². The highest BCUT2D eigenvalue weighted by Gasteiger charge is 1.91. The number of nitrogens with one attached hydrogen (secondary N) is 1. The van der Waals surface area contributed by atoms with E-state index in [9.17, 15) is 0 Å². The molecule has 4 heteroatoms. The third-order valence-electron chi connectivity index (χ3n) is 0.818. The number of anilines is 1. The van der Waals surface area contributed by atoms with E-state index in [0.29, 0.717) is 5.95 Å². The molecular formula is C4H8N4. The van der Waals surface area contributed by atoms with Crippen molar-refractivity contribution in [3.8, 4) is 0 Å². The largest absolute Gasteiger partial charge is 0.330 e. The number of hydrogen-bond acceptors (Lipinski definition) is 3. The lowest BCUT2D eigenvalue weighted by molar-refractivity contribution is 0.954. The van der Waals surface area contributed by atoms with Crippen LogP contribution in [-0.2, 0) is 0 Å². The van der Waals surface area contributed by atoms with E-state index >= 15 is 0 Å². The lowest BCUT2D eigenvalue weighted by Gasteiger charge is -2.04. The molecule has 0 spiro atoms. The molecule has 0 bridgehead atoms. The van der Waals surface area contributed by atoms with Gasteiger partial charge in [0.05, 0.1) is 0 Å². The van der Waals surface area contributed by atoms with Crippen LogP contribution in [0.5, 0.6) is 0 Å². The van der Waals surface area contributed by atoms with Crippen molar-refractivity contribution in [2.45, 2.75) is 0 Å². The van der Waals surface area contributed by atoms with Crippen molar-refractivity contribution in [2.75, 3.05) is 12.1 Å². The molecule has 0 amide bonds. The molecule has 0 radical (unpaired) electrons. The summed E-state index contributed by atoms with van der Waals surface area (Å²) in [7, 11) is 1.72. The Hall–Kier alpha value is -1.03. The van der Waals surface area contributed by atoms with Crippen LogP contribution in [0.4, 0.5) is 5.95 Å². The van der Waals surface area contributed by atoms with Gasteiger partial charge < -0.3 is 4.98 Å². The molecule has 0 fully saturated rings. The van der Waals surface area contributed by atoms with Gasteiger partial charge in [0.2, 0.25) is 5.95 Å². The highest BCUT2D eigenvalue weighted by molar-refractivity contribution is 5.23. The van der Waals surface area contributed by atoms with E-state index in [1.165, 1.54) is 5.01 Å². The predicted molar refractivity (Wildman–Crippen MR) is 31.2 cm³/mol. The number of rotatable bonds is 1. The van der Waals surface area contributed by atoms with Crippen molar-refractivity contribution in [3.05, 3.63) is 12.4 Å². The van der Waals surface area contributed by atoms with Gasteiger partial charge in [-0.15, -0.1) is 0 Å². The van der Waals surface area contributed by atoms with Crippen LogP contribution in [0, 0.1) is 0 Å². The van der Waals surface area contributed by atoms with Gasteiger partial charge in [0.1, 0.15) is 0 Å². The summed E-state index contributed by atoms with van der Waals surface area (Å²) in [6, 6.07) is 0. The fourth-order valence-electron chi connectivity index (χ4n) is 0.450. The van der Waals surface area contributed by atoms with Crippen molar-refractivity contribution < 1.29 is 0 Å². The molecule has 1 heterocycles. The quantitative estimate of drug-likeness (QED) is 0.388. The number of aromatic amines is 1. The monoisotopic (exact) mass is 112 g/mol. The fourth-order valence-corrected chi connectivity index (χ4v) is 0.450. The maximum Gasteiger partial charge on any atom is 0.216 e. The van der Waals surface area contributed by atoms with E-state index in [0.717, 1.165) is 0 Å².